The molecule has 3 rings (SSSR count). The number of amides is 1. The van der Waals surface area contributed by atoms with Gasteiger partial charge in [0.2, 0.25) is 5.91 Å². The van der Waals surface area contributed by atoms with E-state index in [1.165, 1.54) is 12.8 Å². The van der Waals surface area contributed by atoms with E-state index in [2.05, 4.69) is 34.7 Å². The molecule has 1 aromatic heterocycles. The number of hydrogen-bond donors (Lipinski definition) is 0. The van der Waals surface area contributed by atoms with Gasteiger partial charge in [0.05, 0.1) is 5.69 Å². The number of likely N-dealkylation sites (tertiary alicyclic amines) is 1. The lowest BCUT2D eigenvalue weighted by molar-refractivity contribution is -0.132. The standard InChI is InChI=1S/C20H32N4O/c1-15(2)8-9-20(25)24-12-6-7-17(14-24)18-13-19(22-16(3)21-18)23-10-4-5-11-23/h13,15,17H,4-12,14H2,1-3H3/t17-/m0/s1. The zero-order valence-corrected chi connectivity index (χ0v) is 16.0. The zero-order chi connectivity index (χ0) is 17.8. The topological polar surface area (TPSA) is 49.3 Å². The number of piperidine rings is 1. The molecule has 0 N–H and O–H groups in total. The average molecular weight is 345 g/mol. The fourth-order valence-electron chi connectivity index (χ4n) is 3.91. The molecule has 138 valence electrons. The Hall–Kier alpha value is -1.65. The maximum atomic E-state index is 12.5. The number of carbonyl (C=O) groups is 1. The summed E-state index contributed by atoms with van der Waals surface area (Å²) in [6, 6.07) is 2.17. The van der Waals surface area contributed by atoms with Gasteiger partial charge in [-0.25, -0.2) is 9.97 Å². The third-order valence-corrected chi connectivity index (χ3v) is 5.40. The Morgan fingerprint density at radius 3 is 2.68 bits per heavy atom. The van der Waals surface area contributed by atoms with Gasteiger partial charge in [0.1, 0.15) is 11.6 Å². The smallest absolute Gasteiger partial charge is 0.222 e. The number of aryl methyl sites for hydroxylation is 1. The summed E-state index contributed by atoms with van der Waals surface area (Å²) in [6.45, 7) is 10.2. The van der Waals surface area contributed by atoms with E-state index >= 15 is 0 Å². The van der Waals surface area contributed by atoms with Crippen LogP contribution < -0.4 is 4.90 Å². The van der Waals surface area contributed by atoms with Crippen molar-refractivity contribution < 1.29 is 4.79 Å². The molecule has 25 heavy (non-hydrogen) atoms. The van der Waals surface area contributed by atoms with Crippen LogP contribution in [0.4, 0.5) is 5.82 Å². The second-order valence-electron chi connectivity index (χ2n) is 8.00. The second kappa shape index (κ2) is 8.15. The predicted octanol–water partition coefficient (Wildman–Crippen LogP) is 3.53. The molecule has 1 amide bonds. The van der Waals surface area contributed by atoms with Gasteiger partial charge in [0.25, 0.3) is 0 Å². The summed E-state index contributed by atoms with van der Waals surface area (Å²) in [5.74, 6) is 3.16. The van der Waals surface area contributed by atoms with Crippen molar-refractivity contribution in [3.05, 3.63) is 17.6 Å². The summed E-state index contributed by atoms with van der Waals surface area (Å²) >= 11 is 0. The Bertz CT molecular complexity index is 595. The third kappa shape index (κ3) is 4.71. The predicted molar refractivity (Wildman–Crippen MR) is 101 cm³/mol. The van der Waals surface area contributed by atoms with Crippen LogP contribution in [0.3, 0.4) is 0 Å². The normalized spacial score (nSPS) is 21.2. The first kappa shape index (κ1) is 18.2. The number of carbonyl (C=O) groups excluding carboxylic acids is 1. The van der Waals surface area contributed by atoms with E-state index in [1.807, 2.05) is 6.92 Å². The lowest BCUT2D eigenvalue weighted by atomic mass is 9.93. The molecule has 1 atom stereocenters. The van der Waals surface area contributed by atoms with Crippen molar-refractivity contribution in [2.75, 3.05) is 31.1 Å². The van der Waals surface area contributed by atoms with E-state index in [9.17, 15) is 4.79 Å². The SMILES string of the molecule is Cc1nc([C@H]2CCCN(C(=O)CCC(C)C)C2)cc(N2CCCC2)n1. The Balaban J connectivity index is 1.69. The molecule has 0 aromatic carbocycles. The van der Waals surface area contributed by atoms with Gasteiger partial charge in [-0.2, -0.15) is 0 Å². The van der Waals surface area contributed by atoms with Crippen molar-refractivity contribution in [2.24, 2.45) is 5.92 Å². The highest BCUT2D eigenvalue weighted by Crippen LogP contribution is 2.29. The van der Waals surface area contributed by atoms with Gasteiger partial charge in [0.15, 0.2) is 0 Å². The Morgan fingerprint density at radius 2 is 1.96 bits per heavy atom. The van der Waals surface area contributed by atoms with Crippen molar-refractivity contribution in [1.29, 1.82) is 0 Å². The Labute approximate surface area is 151 Å². The van der Waals surface area contributed by atoms with E-state index < -0.39 is 0 Å². The molecule has 5 heteroatoms. The van der Waals surface area contributed by atoms with Crippen LogP contribution in [0, 0.1) is 12.8 Å². The molecule has 2 aliphatic heterocycles. The van der Waals surface area contributed by atoms with Gasteiger partial charge in [0, 0.05) is 44.6 Å². The molecule has 2 aliphatic rings. The van der Waals surface area contributed by atoms with Gasteiger partial charge in [-0.3, -0.25) is 4.79 Å². The summed E-state index contributed by atoms with van der Waals surface area (Å²) in [4.78, 5) is 26.3. The first-order chi connectivity index (χ1) is 12.0. The number of anilines is 1. The van der Waals surface area contributed by atoms with Crippen molar-refractivity contribution in [2.45, 2.75) is 65.2 Å². The van der Waals surface area contributed by atoms with Crippen LogP contribution in [-0.4, -0.2) is 47.0 Å². The number of nitrogens with zero attached hydrogens (tertiary/aromatic N) is 4. The maximum Gasteiger partial charge on any atom is 0.222 e. The monoisotopic (exact) mass is 344 g/mol. The molecular weight excluding hydrogens is 312 g/mol. The molecule has 0 bridgehead atoms. The fourth-order valence-corrected chi connectivity index (χ4v) is 3.91. The fraction of sp³-hybridized carbons (Fsp3) is 0.750. The summed E-state index contributed by atoms with van der Waals surface area (Å²) in [6.07, 6.45) is 6.34. The van der Waals surface area contributed by atoms with E-state index in [1.54, 1.807) is 0 Å². The highest BCUT2D eigenvalue weighted by Gasteiger charge is 2.26. The van der Waals surface area contributed by atoms with Crippen LogP contribution in [0.15, 0.2) is 6.07 Å². The molecule has 2 saturated heterocycles. The number of rotatable bonds is 5. The lowest BCUT2D eigenvalue weighted by Crippen LogP contribution is -2.39. The second-order valence-corrected chi connectivity index (χ2v) is 8.00. The molecule has 0 unspecified atom stereocenters. The van der Waals surface area contributed by atoms with Gasteiger partial charge < -0.3 is 9.80 Å². The van der Waals surface area contributed by atoms with E-state index in [0.717, 1.165) is 62.8 Å². The molecule has 3 heterocycles. The maximum absolute atomic E-state index is 12.5. The van der Waals surface area contributed by atoms with E-state index in [-0.39, 0.29) is 0 Å². The number of hydrogen-bond acceptors (Lipinski definition) is 4. The van der Waals surface area contributed by atoms with Crippen LogP contribution in [-0.2, 0) is 4.79 Å². The Kier molecular flexibility index (Phi) is 5.92. The minimum atomic E-state index is 0.309. The molecular formula is C20H32N4O. The summed E-state index contributed by atoms with van der Waals surface area (Å²) < 4.78 is 0. The first-order valence-electron chi connectivity index (χ1n) is 9.91. The van der Waals surface area contributed by atoms with Gasteiger partial charge in [-0.05, 0) is 44.9 Å². The number of aromatic nitrogens is 2. The summed E-state index contributed by atoms with van der Waals surface area (Å²) in [7, 11) is 0. The van der Waals surface area contributed by atoms with Gasteiger partial charge >= 0.3 is 0 Å². The van der Waals surface area contributed by atoms with Crippen molar-refractivity contribution in [3.63, 3.8) is 0 Å². The molecule has 5 nitrogen and oxygen atoms in total. The van der Waals surface area contributed by atoms with Crippen LogP contribution in [0.1, 0.15) is 69.8 Å². The molecule has 2 fully saturated rings. The van der Waals surface area contributed by atoms with Crippen LogP contribution in [0.25, 0.3) is 0 Å². The molecule has 0 radical (unpaired) electrons. The summed E-state index contributed by atoms with van der Waals surface area (Å²) in [5.41, 5.74) is 1.12. The van der Waals surface area contributed by atoms with Crippen LogP contribution in [0.2, 0.25) is 0 Å². The van der Waals surface area contributed by atoms with E-state index in [4.69, 9.17) is 4.98 Å². The molecule has 0 aliphatic carbocycles. The highest BCUT2D eigenvalue weighted by molar-refractivity contribution is 5.76. The minimum Gasteiger partial charge on any atom is -0.357 e. The Morgan fingerprint density at radius 1 is 1.20 bits per heavy atom. The van der Waals surface area contributed by atoms with Crippen molar-refractivity contribution >= 4 is 11.7 Å². The largest absolute Gasteiger partial charge is 0.357 e. The molecule has 0 saturated carbocycles. The highest BCUT2D eigenvalue weighted by atomic mass is 16.2. The zero-order valence-electron chi connectivity index (χ0n) is 16.0. The van der Waals surface area contributed by atoms with Gasteiger partial charge in [-0.1, -0.05) is 13.8 Å². The third-order valence-electron chi connectivity index (χ3n) is 5.40. The van der Waals surface area contributed by atoms with E-state index in [0.29, 0.717) is 24.2 Å². The van der Waals surface area contributed by atoms with Crippen molar-refractivity contribution in [3.8, 4) is 0 Å². The van der Waals surface area contributed by atoms with Crippen LogP contribution >= 0.6 is 0 Å². The molecule has 1 aromatic rings. The first-order valence-corrected chi connectivity index (χ1v) is 9.91. The van der Waals surface area contributed by atoms with Crippen molar-refractivity contribution in [1.82, 2.24) is 14.9 Å². The summed E-state index contributed by atoms with van der Waals surface area (Å²) in [5, 5.41) is 0. The average Bonchev–Trinajstić information content (AvgIpc) is 3.14. The molecule has 0 spiro atoms. The minimum absolute atomic E-state index is 0.309. The van der Waals surface area contributed by atoms with Gasteiger partial charge in [-0.15, -0.1) is 0 Å². The quantitative estimate of drug-likeness (QED) is 0.820. The van der Waals surface area contributed by atoms with Crippen LogP contribution in [0.5, 0.6) is 0 Å². The lowest BCUT2D eigenvalue weighted by Gasteiger charge is -2.33.